The summed E-state index contributed by atoms with van der Waals surface area (Å²) in [7, 11) is 0. The van der Waals surface area contributed by atoms with Crippen molar-refractivity contribution in [3.8, 4) is 5.75 Å². The van der Waals surface area contributed by atoms with Crippen LogP contribution in [0, 0.1) is 23.4 Å². The number of hydrogen-bond donors (Lipinski definition) is 3. The minimum absolute atomic E-state index is 0.0701. The first-order valence-corrected chi connectivity index (χ1v) is 13.4. The highest BCUT2D eigenvalue weighted by molar-refractivity contribution is 5.77. The molecule has 41 heavy (non-hydrogen) atoms. The van der Waals surface area contributed by atoms with E-state index >= 15 is 0 Å². The number of oxime groups is 1. The maximum Gasteiger partial charge on any atom is 0.407 e. The van der Waals surface area contributed by atoms with Crippen molar-refractivity contribution < 1.29 is 32.6 Å². The molecule has 2 aliphatic rings. The number of rotatable bonds is 6. The van der Waals surface area contributed by atoms with Gasteiger partial charge in [-0.05, 0) is 58.1 Å². The minimum Gasteiger partial charge on any atom is -0.487 e. The molecule has 0 radical (unpaired) electrons. The van der Waals surface area contributed by atoms with E-state index in [9.17, 15) is 18.0 Å². The zero-order valence-corrected chi connectivity index (χ0v) is 23.5. The van der Waals surface area contributed by atoms with Gasteiger partial charge >= 0.3 is 6.09 Å². The van der Waals surface area contributed by atoms with E-state index in [1.807, 2.05) is 11.8 Å². The Morgan fingerprint density at radius 1 is 1.12 bits per heavy atom. The molecule has 3 heterocycles. The minimum atomic E-state index is -1.29. The molecule has 2 fully saturated rings. The van der Waals surface area contributed by atoms with Crippen molar-refractivity contribution in [2.75, 3.05) is 31.1 Å². The second-order valence-corrected chi connectivity index (χ2v) is 11.4. The maximum absolute atomic E-state index is 14.8. The number of alkyl carbamates (subject to hydrolysis) is 1. The quantitative estimate of drug-likeness (QED) is 0.154. The number of nitrogens with two attached hydrogens (primary N) is 1. The molecule has 0 aliphatic carbocycles. The molecule has 4 N–H and O–H groups in total. The van der Waals surface area contributed by atoms with Crippen molar-refractivity contribution >= 4 is 18.0 Å². The molecule has 3 atom stereocenters. The van der Waals surface area contributed by atoms with E-state index in [0.717, 1.165) is 18.9 Å². The van der Waals surface area contributed by atoms with Gasteiger partial charge in [0.15, 0.2) is 17.4 Å². The zero-order chi connectivity index (χ0) is 29.9. The standard InChI is InChI=1S/C27H36F3N7O4/c1-15(16-5-7-36(8-6-16)24(31)35-39)40-17-11-32-25(33-12-17)37-13-19(18-9-21(29)22(30)10-20(18)28)23(14-37)34-26(38)41-27(2,3)4/h9-12,15-16,19,23,39H,5-8,13-14H2,1-4H3,(H2,31,35)(H,34,38). The molecule has 4 rings (SSSR count). The van der Waals surface area contributed by atoms with Crippen LogP contribution >= 0.6 is 0 Å². The van der Waals surface area contributed by atoms with Gasteiger partial charge in [0.05, 0.1) is 24.5 Å². The number of ether oxygens (including phenoxy) is 2. The van der Waals surface area contributed by atoms with Crippen LogP contribution in [-0.4, -0.2) is 76.1 Å². The first-order valence-electron chi connectivity index (χ1n) is 13.4. The van der Waals surface area contributed by atoms with E-state index in [2.05, 4.69) is 20.4 Å². The molecule has 11 nitrogen and oxygen atoms in total. The largest absolute Gasteiger partial charge is 0.487 e. The third-order valence-electron chi connectivity index (χ3n) is 7.31. The molecule has 2 aliphatic heterocycles. The fourth-order valence-electron chi connectivity index (χ4n) is 5.22. The van der Waals surface area contributed by atoms with Crippen molar-refractivity contribution in [3.63, 3.8) is 0 Å². The van der Waals surface area contributed by atoms with Crippen LogP contribution < -0.4 is 20.7 Å². The summed E-state index contributed by atoms with van der Waals surface area (Å²) in [6.07, 6.45) is 3.83. The monoisotopic (exact) mass is 579 g/mol. The number of halogens is 3. The van der Waals surface area contributed by atoms with Crippen LogP contribution in [0.15, 0.2) is 29.7 Å². The van der Waals surface area contributed by atoms with Gasteiger partial charge in [0, 0.05) is 38.2 Å². The van der Waals surface area contributed by atoms with Gasteiger partial charge in [0.2, 0.25) is 11.9 Å². The van der Waals surface area contributed by atoms with Crippen LogP contribution in [0.1, 0.15) is 52.0 Å². The Balaban J connectivity index is 1.45. The molecule has 0 spiro atoms. The molecule has 1 aromatic carbocycles. The number of benzene rings is 1. The van der Waals surface area contributed by atoms with Crippen molar-refractivity contribution in [3.05, 3.63) is 47.5 Å². The van der Waals surface area contributed by atoms with E-state index < -0.39 is 41.1 Å². The predicted molar refractivity (Wildman–Crippen MR) is 144 cm³/mol. The third kappa shape index (κ3) is 7.41. The molecule has 14 heteroatoms. The Hall–Kier alpha value is -3.97. The first kappa shape index (κ1) is 30.0. The SMILES string of the molecule is CC(Oc1cnc(N2CC(NC(=O)OC(C)(C)C)C(c3cc(F)c(F)cc3F)C2)nc1)C1CCN(C(N)=NO)CC1. The van der Waals surface area contributed by atoms with Crippen molar-refractivity contribution in [1.82, 2.24) is 20.2 Å². The molecule has 2 aromatic rings. The molecular weight excluding hydrogens is 543 g/mol. The highest BCUT2D eigenvalue weighted by Crippen LogP contribution is 2.33. The molecule has 3 unspecified atom stereocenters. The predicted octanol–water partition coefficient (Wildman–Crippen LogP) is 3.57. The Bertz CT molecular complexity index is 1250. The number of carbonyl (C=O) groups is 1. The molecule has 224 valence electrons. The van der Waals surface area contributed by atoms with E-state index in [1.165, 1.54) is 12.4 Å². The van der Waals surface area contributed by atoms with Crippen molar-refractivity contribution in [2.24, 2.45) is 16.8 Å². The van der Waals surface area contributed by atoms with Gasteiger partial charge in [-0.15, -0.1) is 0 Å². The third-order valence-corrected chi connectivity index (χ3v) is 7.31. The van der Waals surface area contributed by atoms with Crippen LogP contribution in [0.3, 0.4) is 0 Å². The molecule has 0 bridgehead atoms. The lowest BCUT2D eigenvalue weighted by Gasteiger charge is -2.34. The Morgan fingerprint density at radius 3 is 2.37 bits per heavy atom. The van der Waals surface area contributed by atoms with Crippen LogP contribution in [0.5, 0.6) is 5.75 Å². The summed E-state index contributed by atoms with van der Waals surface area (Å²) < 4.78 is 53.9. The average molecular weight is 580 g/mol. The number of carbonyl (C=O) groups excluding carboxylic acids is 1. The van der Waals surface area contributed by atoms with Gasteiger partial charge in [0.25, 0.3) is 0 Å². The molecule has 1 amide bonds. The lowest BCUT2D eigenvalue weighted by molar-refractivity contribution is 0.0504. The Kier molecular flexibility index (Phi) is 8.98. The maximum atomic E-state index is 14.8. The molecule has 2 saturated heterocycles. The van der Waals surface area contributed by atoms with Crippen LogP contribution in [-0.2, 0) is 4.74 Å². The van der Waals surface area contributed by atoms with Crippen LogP contribution in [0.25, 0.3) is 0 Å². The molecule has 0 saturated carbocycles. The number of anilines is 1. The number of aromatic nitrogens is 2. The molecular formula is C27H36F3N7O4. The number of hydrogen-bond acceptors (Lipinski definition) is 8. The van der Waals surface area contributed by atoms with Gasteiger partial charge in [-0.1, -0.05) is 5.16 Å². The van der Waals surface area contributed by atoms with Gasteiger partial charge in [0.1, 0.15) is 11.4 Å². The summed E-state index contributed by atoms with van der Waals surface area (Å²) >= 11 is 0. The number of nitrogens with zero attached hydrogens (tertiary/aromatic N) is 5. The van der Waals surface area contributed by atoms with E-state index in [0.29, 0.717) is 30.9 Å². The summed E-state index contributed by atoms with van der Waals surface area (Å²) in [6.45, 7) is 8.71. The van der Waals surface area contributed by atoms with E-state index in [-0.39, 0.29) is 36.6 Å². The number of nitrogens with one attached hydrogen (secondary N) is 1. The van der Waals surface area contributed by atoms with Crippen LogP contribution in [0.4, 0.5) is 23.9 Å². The lowest BCUT2D eigenvalue weighted by atomic mass is 9.92. The Labute approximate surface area is 236 Å². The second-order valence-electron chi connectivity index (χ2n) is 11.4. The first-order chi connectivity index (χ1) is 19.3. The van der Waals surface area contributed by atoms with Crippen molar-refractivity contribution in [1.29, 1.82) is 0 Å². The average Bonchev–Trinajstić information content (AvgIpc) is 3.32. The van der Waals surface area contributed by atoms with Gasteiger partial charge in [-0.25, -0.2) is 27.9 Å². The van der Waals surface area contributed by atoms with Crippen LogP contribution in [0.2, 0.25) is 0 Å². The fourth-order valence-corrected chi connectivity index (χ4v) is 5.22. The number of guanidine groups is 1. The van der Waals surface area contributed by atoms with Crippen molar-refractivity contribution in [2.45, 2.75) is 64.2 Å². The summed E-state index contributed by atoms with van der Waals surface area (Å²) in [5, 5.41) is 14.6. The van der Waals surface area contributed by atoms with E-state index in [4.69, 9.17) is 20.4 Å². The fraction of sp³-hybridized carbons (Fsp3) is 0.556. The number of likely N-dealkylation sites (tertiary alicyclic amines) is 1. The normalized spacial score (nSPS) is 21.1. The lowest BCUT2D eigenvalue weighted by Crippen LogP contribution is -2.45. The second kappa shape index (κ2) is 12.3. The highest BCUT2D eigenvalue weighted by Gasteiger charge is 2.39. The van der Waals surface area contributed by atoms with E-state index in [1.54, 1.807) is 25.7 Å². The number of piperidine rings is 1. The molecule has 1 aromatic heterocycles. The summed E-state index contributed by atoms with van der Waals surface area (Å²) in [5.41, 5.74) is 4.84. The van der Waals surface area contributed by atoms with Gasteiger partial charge < -0.3 is 35.5 Å². The smallest absolute Gasteiger partial charge is 0.407 e. The summed E-state index contributed by atoms with van der Waals surface area (Å²) in [5.74, 6) is -3.00. The highest BCUT2D eigenvalue weighted by atomic mass is 19.2. The summed E-state index contributed by atoms with van der Waals surface area (Å²) in [4.78, 5) is 24.9. The zero-order valence-electron chi connectivity index (χ0n) is 23.5. The topological polar surface area (TPSA) is 138 Å². The van der Waals surface area contributed by atoms with Gasteiger partial charge in [-0.2, -0.15) is 0 Å². The van der Waals surface area contributed by atoms with Gasteiger partial charge in [-0.3, -0.25) is 0 Å². The summed E-state index contributed by atoms with van der Waals surface area (Å²) in [6, 6.07) is 0.622. The number of amides is 1. The Morgan fingerprint density at radius 2 is 1.76 bits per heavy atom.